The Morgan fingerprint density at radius 2 is 2.12 bits per heavy atom. The fourth-order valence-electron chi connectivity index (χ4n) is 2.29. The molecule has 1 aromatic rings. The molecule has 0 aliphatic heterocycles. The van der Waals surface area contributed by atoms with Crippen LogP contribution < -0.4 is 5.32 Å². The van der Waals surface area contributed by atoms with Crippen LogP contribution in [0.15, 0.2) is 0 Å². The molecule has 0 unspecified atom stereocenters. The number of alkyl halides is 1. The van der Waals surface area contributed by atoms with E-state index in [0.29, 0.717) is 5.92 Å². The molecule has 1 aliphatic rings. The van der Waals surface area contributed by atoms with Crippen LogP contribution in [0.2, 0.25) is 0 Å². The Kier molecular flexibility index (Phi) is 4.26. The summed E-state index contributed by atoms with van der Waals surface area (Å²) >= 11 is 7.57. The van der Waals surface area contributed by atoms with Gasteiger partial charge in [-0.2, -0.15) is 4.37 Å². The number of anilines is 1. The Balaban J connectivity index is 1.92. The Morgan fingerprint density at radius 1 is 1.41 bits per heavy atom. The number of nitrogens with zero attached hydrogens (tertiary/aromatic N) is 2. The van der Waals surface area contributed by atoms with Crippen molar-refractivity contribution in [3.8, 4) is 0 Å². The molecule has 0 amide bonds. The lowest BCUT2D eigenvalue weighted by molar-refractivity contribution is 0.368. The molecule has 1 aromatic heterocycles. The number of hydrogen-bond donors (Lipinski definition) is 1. The van der Waals surface area contributed by atoms with Crippen molar-refractivity contribution in [3.05, 3.63) is 5.82 Å². The lowest BCUT2D eigenvalue weighted by Crippen LogP contribution is -2.28. The summed E-state index contributed by atoms with van der Waals surface area (Å²) in [5, 5.41) is 4.35. The van der Waals surface area contributed by atoms with Crippen molar-refractivity contribution in [2.24, 2.45) is 5.41 Å². The molecule has 0 aromatic carbocycles. The predicted octanol–water partition coefficient (Wildman–Crippen LogP) is 3.87. The van der Waals surface area contributed by atoms with E-state index in [-0.39, 0.29) is 5.41 Å². The van der Waals surface area contributed by atoms with Crippen LogP contribution in [0.3, 0.4) is 0 Å². The van der Waals surface area contributed by atoms with E-state index in [2.05, 4.69) is 28.5 Å². The van der Waals surface area contributed by atoms with Crippen molar-refractivity contribution < 1.29 is 0 Å². The first-order valence-corrected chi connectivity index (χ1v) is 7.59. The minimum absolute atomic E-state index is 0.283. The first-order chi connectivity index (χ1) is 8.15. The normalized spacial score (nSPS) is 18.8. The Morgan fingerprint density at radius 3 is 2.65 bits per heavy atom. The molecule has 1 aliphatic carbocycles. The van der Waals surface area contributed by atoms with Crippen LogP contribution in [0.4, 0.5) is 5.13 Å². The van der Waals surface area contributed by atoms with Crippen LogP contribution in [0.1, 0.15) is 51.3 Å². The molecule has 0 radical (unpaired) electrons. The van der Waals surface area contributed by atoms with Gasteiger partial charge in [0.2, 0.25) is 5.13 Å². The highest BCUT2D eigenvalue weighted by Gasteiger charge is 2.32. The fraction of sp³-hybridized carbons (Fsp3) is 0.833. The molecular formula is C12H20ClN3S. The van der Waals surface area contributed by atoms with Crippen molar-refractivity contribution in [2.75, 3.05) is 17.7 Å². The van der Waals surface area contributed by atoms with Crippen molar-refractivity contribution in [1.29, 1.82) is 0 Å². The van der Waals surface area contributed by atoms with Crippen LogP contribution in [0.5, 0.6) is 0 Å². The van der Waals surface area contributed by atoms with Gasteiger partial charge >= 0.3 is 0 Å². The molecule has 96 valence electrons. The molecule has 1 fully saturated rings. The van der Waals surface area contributed by atoms with Gasteiger partial charge in [0, 0.05) is 35.3 Å². The third-order valence-corrected chi connectivity index (χ3v) is 4.77. The van der Waals surface area contributed by atoms with E-state index in [0.717, 1.165) is 23.4 Å². The predicted molar refractivity (Wildman–Crippen MR) is 74.1 cm³/mol. The average molecular weight is 274 g/mol. The van der Waals surface area contributed by atoms with Gasteiger partial charge in [-0.15, -0.1) is 11.6 Å². The van der Waals surface area contributed by atoms with Crippen LogP contribution in [-0.2, 0) is 0 Å². The largest absolute Gasteiger partial charge is 0.360 e. The summed E-state index contributed by atoms with van der Waals surface area (Å²) in [7, 11) is 0. The summed E-state index contributed by atoms with van der Waals surface area (Å²) in [4.78, 5) is 4.49. The molecule has 1 saturated carbocycles. The number of aromatic nitrogens is 2. The number of rotatable bonds is 5. The minimum atomic E-state index is 0.283. The van der Waals surface area contributed by atoms with E-state index in [1.165, 1.54) is 37.2 Å². The molecule has 0 spiro atoms. The molecular weight excluding hydrogens is 254 g/mol. The molecule has 2 rings (SSSR count). The second-order valence-electron chi connectivity index (χ2n) is 5.31. The van der Waals surface area contributed by atoms with Gasteiger partial charge in [0.15, 0.2) is 0 Å². The molecule has 1 N–H and O–H groups in total. The smallest absolute Gasteiger partial charge is 0.202 e. The zero-order valence-corrected chi connectivity index (χ0v) is 12.1. The van der Waals surface area contributed by atoms with E-state index >= 15 is 0 Å². The van der Waals surface area contributed by atoms with E-state index in [4.69, 9.17) is 11.6 Å². The summed E-state index contributed by atoms with van der Waals surface area (Å²) < 4.78 is 4.34. The SMILES string of the molecule is CC(C)c1nsc(NCC2(CCl)CCCC2)n1. The van der Waals surface area contributed by atoms with Gasteiger partial charge in [-0.1, -0.05) is 26.7 Å². The van der Waals surface area contributed by atoms with Gasteiger partial charge in [-0.3, -0.25) is 0 Å². The quantitative estimate of drug-likeness (QED) is 0.828. The summed E-state index contributed by atoms with van der Waals surface area (Å²) in [6.45, 7) is 5.16. The molecule has 1 heterocycles. The van der Waals surface area contributed by atoms with E-state index in [9.17, 15) is 0 Å². The van der Waals surface area contributed by atoms with Crippen molar-refractivity contribution in [1.82, 2.24) is 9.36 Å². The van der Waals surface area contributed by atoms with E-state index in [1.54, 1.807) is 0 Å². The topological polar surface area (TPSA) is 37.8 Å². The lowest BCUT2D eigenvalue weighted by Gasteiger charge is -2.26. The highest BCUT2D eigenvalue weighted by atomic mass is 35.5. The van der Waals surface area contributed by atoms with Gasteiger partial charge in [0.1, 0.15) is 5.82 Å². The molecule has 5 heteroatoms. The zero-order valence-electron chi connectivity index (χ0n) is 10.5. The average Bonchev–Trinajstić information content (AvgIpc) is 2.96. The third-order valence-electron chi connectivity index (χ3n) is 3.52. The van der Waals surface area contributed by atoms with E-state index < -0.39 is 0 Å². The van der Waals surface area contributed by atoms with Crippen molar-refractivity contribution >= 4 is 28.3 Å². The van der Waals surface area contributed by atoms with Crippen molar-refractivity contribution in [2.45, 2.75) is 45.4 Å². The standard InChI is InChI=1S/C12H20ClN3S/c1-9(2)10-15-11(17-16-10)14-8-12(7-13)5-3-4-6-12/h9H,3-8H2,1-2H3,(H,14,15,16). The highest BCUT2D eigenvalue weighted by Crippen LogP contribution is 2.39. The molecule has 3 nitrogen and oxygen atoms in total. The van der Waals surface area contributed by atoms with Crippen LogP contribution in [0.25, 0.3) is 0 Å². The Bertz CT molecular complexity index is 358. The molecule has 0 saturated heterocycles. The van der Waals surface area contributed by atoms with Crippen molar-refractivity contribution in [3.63, 3.8) is 0 Å². The van der Waals surface area contributed by atoms with E-state index in [1.807, 2.05) is 0 Å². The molecule has 0 bridgehead atoms. The van der Waals surface area contributed by atoms with Gasteiger partial charge in [0.25, 0.3) is 0 Å². The second-order valence-corrected chi connectivity index (χ2v) is 6.33. The maximum Gasteiger partial charge on any atom is 0.202 e. The maximum atomic E-state index is 6.11. The number of halogens is 1. The van der Waals surface area contributed by atoms with Crippen LogP contribution >= 0.6 is 23.1 Å². The molecule has 0 atom stereocenters. The van der Waals surface area contributed by atoms with Crippen LogP contribution in [-0.4, -0.2) is 21.8 Å². The summed E-state index contributed by atoms with van der Waals surface area (Å²) in [6.07, 6.45) is 5.09. The van der Waals surface area contributed by atoms with Gasteiger partial charge in [-0.05, 0) is 12.8 Å². The van der Waals surface area contributed by atoms with Gasteiger partial charge < -0.3 is 5.32 Å². The highest BCUT2D eigenvalue weighted by molar-refractivity contribution is 7.09. The zero-order chi connectivity index (χ0) is 12.3. The monoisotopic (exact) mass is 273 g/mol. The summed E-state index contributed by atoms with van der Waals surface area (Å²) in [6, 6.07) is 0. The maximum absolute atomic E-state index is 6.11. The molecule has 17 heavy (non-hydrogen) atoms. The first-order valence-electron chi connectivity index (χ1n) is 6.29. The Labute approximate surface area is 112 Å². The Hall–Kier alpha value is -0.350. The third kappa shape index (κ3) is 3.10. The summed E-state index contributed by atoms with van der Waals surface area (Å²) in [5.41, 5.74) is 0.283. The number of nitrogens with one attached hydrogen (secondary N) is 1. The fourth-order valence-corrected chi connectivity index (χ4v) is 3.35. The van der Waals surface area contributed by atoms with Gasteiger partial charge in [-0.25, -0.2) is 4.98 Å². The van der Waals surface area contributed by atoms with Gasteiger partial charge in [0.05, 0.1) is 0 Å². The lowest BCUT2D eigenvalue weighted by atomic mass is 9.89. The second kappa shape index (κ2) is 5.53. The van der Waals surface area contributed by atoms with Crippen LogP contribution in [0, 0.1) is 5.41 Å². The number of hydrogen-bond acceptors (Lipinski definition) is 4. The summed E-state index contributed by atoms with van der Waals surface area (Å²) in [5.74, 6) is 2.08. The first kappa shape index (κ1) is 13.1. The minimum Gasteiger partial charge on any atom is -0.360 e.